The molecule has 0 aromatic rings. The molecule has 0 aromatic carbocycles. The van der Waals surface area contributed by atoms with Crippen molar-refractivity contribution in [2.75, 3.05) is 5.75 Å². The summed E-state index contributed by atoms with van der Waals surface area (Å²) in [4.78, 5) is 24.0. The van der Waals surface area contributed by atoms with Gasteiger partial charge in [0, 0.05) is 0 Å². The maximum absolute atomic E-state index is 11.5. The number of aliphatic carboxylic acids is 1. The van der Waals surface area contributed by atoms with E-state index in [9.17, 15) is 9.59 Å². The Labute approximate surface area is 96.6 Å². The van der Waals surface area contributed by atoms with Crippen molar-refractivity contribution >= 4 is 22.8 Å². The summed E-state index contributed by atoms with van der Waals surface area (Å²) in [5.74, 6) is -0.0673. The Kier molecular flexibility index (Phi) is 2.24. The molecule has 0 bridgehead atoms. The minimum Gasteiger partial charge on any atom is -0.477 e. The second-order valence-electron chi connectivity index (χ2n) is 4.62. The average Bonchev–Trinajstić information content (AvgIpc) is 2.15. The number of nitrogens with zero attached hydrogens (tertiary/aromatic N) is 1. The Hall–Kier alpha value is -0.970. The summed E-state index contributed by atoms with van der Waals surface area (Å²) >= 11 is 0. The summed E-state index contributed by atoms with van der Waals surface area (Å²) in [6, 6.07) is 0. The molecule has 2 fully saturated rings. The molecule has 88 valence electrons. The quantitative estimate of drug-likeness (QED) is 0.562. The van der Waals surface area contributed by atoms with Gasteiger partial charge < -0.3 is 5.11 Å². The summed E-state index contributed by atoms with van der Waals surface area (Å²) in [6.45, 7) is 0. The van der Waals surface area contributed by atoms with E-state index in [-0.39, 0.29) is 27.9 Å². The molecule has 3 rings (SSSR count). The highest BCUT2D eigenvalue weighted by molar-refractivity contribution is 8.18. The van der Waals surface area contributed by atoms with Crippen molar-refractivity contribution in [2.45, 2.75) is 36.3 Å². The Balaban J connectivity index is 1.84. The van der Waals surface area contributed by atoms with E-state index in [1.807, 2.05) is 0 Å². The van der Waals surface area contributed by atoms with E-state index in [1.54, 1.807) is 6.08 Å². The molecule has 0 spiro atoms. The van der Waals surface area contributed by atoms with Gasteiger partial charge in [-0.05, 0) is 29.9 Å². The zero-order valence-electron chi connectivity index (χ0n) is 8.93. The van der Waals surface area contributed by atoms with Gasteiger partial charge in [-0.1, -0.05) is 6.42 Å². The maximum Gasteiger partial charge on any atom is 0.352 e. The van der Waals surface area contributed by atoms with E-state index in [2.05, 4.69) is 0 Å². The van der Waals surface area contributed by atoms with Gasteiger partial charge in [-0.15, -0.1) is 0 Å². The third kappa shape index (κ3) is 1.30. The molecule has 2 heterocycles. The molecule has 1 saturated carbocycles. The van der Waals surface area contributed by atoms with Crippen molar-refractivity contribution in [3.8, 4) is 0 Å². The number of carbonyl (C=O) groups excluding carboxylic acids is 1. The van der Waals surface area contributed by atoms with E-state index < -0.39 is 5.97 Å². The topological polar surface area (TPSA) is 57.6 Å². The fourth-order valence-electron chi connectivity index (χ4n) is 2.67. The van der Waals surface area contributed by atoms with Gasteiger partial charge in [0.1, 0.15) is 5.70 Å². The Morgan fingerprint density at radius 2 is 2.25 bits per heavy atom. The lowest BCUT2D eigenvalue weighted by Gasteiger charge is -2.53. The lowest BCUT2D eigenvalue weighted by molar-refractivity contribution is -0.146. The van der Waals surface area contributed by atoms with Gasteiger partial charge in [-0.3, -0.25) is 9.69 Å². The Bertz CT molecular complexity index is 389. The van der Waals surface area contributed by atoms with Gasteiger partial charge in [-0.25, -0.2) is 15.7 Å². The highest BCUT2D eigenvalue weighted by Crippen LogP contribution is 2.54. The molecule has 2 atom stereocenters. The van der Waals surface area contributed by atoms with Crippen LogP contribution in [0.1, 0.15) is 25.7 Å². The van der Waals surface area contributed by atoms with Crippen LogP contribution in [0.4, 0.5) is 0 Å². The fraction of sp³-hybridized carbons (Fsp3) is 0.636. The Morgan fingerprint density at radius 1 is 1.50 bits per heavy atom. The summed E-state index contributed by atoms with van der Waals surface area (Å²) in [5.41, 5.74) is 0.222. The van der Waals surface area contributed by atoms with Crippen molar-refractivity contribution in [3.63, 3.8) is 0 Å². The molecule has 1 aliphatic carbocycles. The van der Waals surface area contributed by atoms with Gasteiger partial charge in [0.2, 0.25) is 5.91 Å². The number of thiol groups is 1. The van der Waals surface area contributed by atoms with Crippen LogP contribution in [0.5, 0.6) is 0 Å². The van der Waals surface area contributed by atoms with Gasteiger partial charge in [0.25, 0.3) is 0 Å². The second kappa shape index (κ2) is 3.52. The number of fused-ring (bicyclic) bond motifs is 1. The number of β-lactam (4-membered cyclic amide) rings is 1. The van der Waals surface area contributed by atoms with E-state index >= 15 is 0 Å². The molecule has 1 saturated heterocycles. The maximum atomic E-state index is 11.5. The smallest absolute Gasteiger partial charge is 0.352 e. The summed E-state index contributed by atoms with van der Waals surface area (Å²) in [5, 5.41) is 10.0. The lowest BCUT2D eigenvalue weighted by atomic mass is 10.00. The molecule has 2 aliphatic heterocycles. The molecule has 0 radical (unpaired) electrons. The van der Waals surface area contributed by atoms with E-state index in [0.717, 1.165) is 11.0 Å². The highest BCUT2D eigenvalue weighted by Gasteiger charge is 2.48. The average molecular weight is 241 g/mol. The number of hydrogen-bond acceptors (Lipinski definition) is 2. The molecule has 0 aromatic heterocycles. The summed E-state index contributed by atoms with van der Waals surface area (Å²) in [6.07, 6.45) is 6.20. The molecule has 4 nitrogen and oxygen atoms in total. The number of amides is 1. The number of carboxylic acid groups (broad SMARTS) is 1. The number of carboxylic acids is 1. The zero-order valence-corrected chi connectivity index (χ0v) is 9.82. The predicted octanol–water partition coefficient (Wildman–Crippen LogP) is 1.08. The summed E-state index contributed by atoms with van der Waals surface area (Å²) < 4.78 is 0. The molecule has 3 aliphatic rings. The fourth-order valence-corrected chi connectivity index (χ4v) is 6.05. The third-order valence-corrected chi connectivity index (χ3v) is 7.06. The third-order valence-electron chi connectivity index (χ3n) is 3.82. The molecule has 2 unspecified atom stereocenters. The standard InChI is InChI=1S/C11H15NO3S/c13-9-6-10-12(9)8(11(14)15)4-5-16(10)7-2-1-3-7/h4,7,10,16H,1-3,5-6H2,(H,14,15). The van der Waals surface area contributed by atoms with Gasteiger partial charge in [0.15, 0.2) is 0 Å². The monoisotopic (exact) mass is 241 g/mol. The molecule has 16 heavy (non-hydrogen) atoms. The highest BCUT2D eigenvalue weighted by atomic mass is 32.2. The number of hydrogen-bond donors (Lipinski definition) is 2. The van der Waals surface area contributed by atoms with Crippen LogP contribution < -0.4 is 0 Å². The molecule has 1 amide bonds. The van der Waals surface area contributed by atoms with Gasteiger partial charge in [0.05, 0.1) is 11.8 Å². The Morgan fingerprint density at radius 3 is 2.75 bits per heavy atom. The number of carbonyl (C=O) groups is 2. The summed E-state index contributed by atoms with van der Waals surface area (Å²) in [7, 11) is -0.173. The van der Waals surface area contributed by atoms with Crippen LogP contribution in [0, 0.1) is 0 Å². The van der Waals surface area contributed by atoms with Crippen LogP contribution in [0.25, 0.3) is 0 Å². The van der Waals surface area contributed by atoms with Crippen LogP contribution in [-0.2, 0) is 9.59 Å². The van der Waals surface area contributed by atoms with Crippen LogP contribution in [0.3, 0.4) is 0 Å². The first-order valence-electron chi connectivity index (χ1n) is 5.70. The van der Waals surface area contributed by atoms with Crippen LogP contribution in [0.15, 0.2) is 11.8 Å². The number of rotatable bonds is 2. The van der Waals surface area contributed by atoms with Crippen molar-refractivity contribution in [1.29, 1.82) is 0 Å². The van der Waals surface area contributed by atoms with Crippen molar-refractivity contribution < 1.29 is 14.7 Å². The second-order valence-corrected chi connectivity index (χ2v) is 7.34. The van der Waals surface area contributed by atoms with Crippen molar-refractivity contribution in [1.82, 2.24) is 4.90 Å². The largest absolute Gasteiger partial charge is 0.477 e. The molecule has 5 heteroatoms. The van der Waals surface area contributed by atoms with Crippen molar-refractivity contribution in [2.24, 2.45) is 0 Å². The van der Waals surface area contributed by atoms with Crippen LogP contribution >= 0.6 is 10.9 Å². The lowest BCUT2D eigenvalue weighted by Crippen LogP contribution is -2.56. The van der Waals surface area contributed by atoms with Crippen LogP contribution in [0.2, 0.25) is 0 Å². The predicted molar refractivity (Wildman–Crippen MR) is 62.5 cm³/mol. The van der Waals surface area contributed by atoms with Gasteiger partial charge >= 0.3 is 5.97 Å². The molecular formula is C11H15NO3S. The first-order valence-corrected chi connectivity index (χ1v) is 7.36. The molecular weight excluding hydrogens is 226 g/mol. The van der Waals surface area contributed by atoms with E-state index in [4.69, 9.17) is 5.11 Å². The first kappa shape index (κ1) is 10.2. The SMILES string of the molecule is O=C(O)C1=CC[SH](C2CCC2)C2CC(=O)N12. The van der Waals surface area contributed by atoms with E-state index in [0.29, 0.717) is 6.42 Å². The van der Waals surface area contributed by atoms with Gasteiger partial charge in [-0.2, -0.15) is 0 Å². The molecule has 1 N–H and O–H groups in total. The van der Waals surface area contributed by atoms with E-state index in [1.165, 1.54) is 24.2 Å². The minimum absolute atomic E-state index is 0.00910. The van der Waals surface area contributed by atoms with Crippen molar-refractivity contribution in [3.05, 3.63) is 11.8 Å². The van der Waals surface area contributed by atoms with Crippen LogP contribution in [-0.4, -0.2) is 38.3 Å². The first-order chi connectivity index (χ1) is 7.68. The zero-order chi connectivity index (χ0) is 11.3. The minimum atomic E-state index is -0.957. The normalized spacial score (nSPS) is 35.9.